The Morgan fingerprint density at radius 1 is 1.30 bits per heavy atom. The van der Waals surface area contributed by atoms with Gasteiger partial charge in [-0.1, -0.05) is 30.0 Å². The van der Waals surface area contributed by atoms with Gasteiger partial charge in [0.1, 0.15) is 16.2 Å². The summed E-state index contributed by atoms with van der Waals surface area (Å²) in [6, 6.07) is 9.82. The molecule has 1 aromatic carbocycles. The minimum atomic E-state index is -0.435. The van der Waals surface area contributed by atoms with Crippen LogP contribution in [0.5, 0.6) is 0 Å². The topological polar surface area (TPSA) is 72.4 Å². The number of para-hydroxylation sites is 1. The monoisotopic (exact) mass is 399 g/mol. The van der Waals surface area contributed by atoms with E-state index in [1.165, 1.54) is 29.4 Å². The Bertz CT molecular complexity index is 1000. The van der Waals surface area contributed by atoms with Crippen molar-refractivity contribution >= 4 is 50.9 Å². The van der Waals surface area contributed by atoms with Crippen LogP contribution in [0.1, 0.15) is 12.5 Å². The highest BCUT2D eigenvalue weighted by Gasteiger charge is 2.30. The second-order valence-electron chi connectivity index (χ2n) is 6.21. The minimum absolute atomic E-state index is 0.0656. The van der Waals surface area contributed by atoms with Gasteiger partial charge in [-0.25, -0.2) is 9.97 Å². The van der Waals surface area contributed by atoms with Crippen LogP contribution in [0.4, 0.5) is 5.69 Å². The van der Waals surface area contributed by atoms with E-state index in [4.69, 9.17) is 4.74 Å². The summed E-state index contributed by atoms with van der Waals surface area (Å²) >= 11 is 2.82. The fourth-order valence-corrected chi connectivity index (χ4v) is 4.79. The minimum Gasteiger partial charge on any atom is -0.455 e. The molecule has 8 heteroatoms. The smallest absolute Gasteiger partial charge is 0.316 e. The Morgan fingerprint density at radius 3 is 3.04 bits per heavy atom. The predicted molar refractivity (Wildman–Crippen MR) is 106 cm³/mol. The normalized spacial score (nSPS) is 15.7. The van der Waals surface area contributed by atoms with Crippen molar-refractivity contribution in [2.24, 2.45) is 0 Å². The molecule has 0 spiro atoms. The van der Waals surface area contributed by atoms with Crippen LogP contribution in [0, 0.1) is 0 Å². The molecule has 1 atom stereocenters. The molecule has 4 rings (SSSR count). The van der Waals surface area contributed by atoms with Crippen molar-refractivity contribution in [1.82, 2.24) is 9.97 Å². The predicted octanol–water partition coefficient (Wildman–Crippen LogP) is 3.30. The number of thioether (sulfide) groups is 1. The molecule has 1 aliphatic rings. The second kappa shape index (κ2) is 7.66. The van der Waals surface area contributed by atoms with Crippen LogP contribution >= 0.6 is 23.1 Å². The van der Waals surface area contributed by atoms with Gasteiger partial charge in [-0.2, -0.15) is 0 Å². The number of nitrogens with zero attached hydrogens (tertiary/aromatic N) is 3. The Hall–Kier alpha value is -2.45. The average molecular weight is 399 g/mol. The molecule has 0 bridgehead atoms. The van der Waals surface area contributed by atoms with Crippen molar-refractivity contribution in [1.29, 1.82) is 0 Å². The molecule has 0 radical (unpaired) electrons. The lowest BCUT2D eigenvalue weighted by molar-refractivity contribution is -0.145. The van der Waals surface area contributed by atoms with E-state index in [2.05, 4.69) is 9.97 Å². The molecule has 0 N–H and O–H groups in total. The molecule has 27 heavy (non-hydrogen) atoms. The fourth-order valence-electron chi connectivity index (χ4n) is 3.21. The SMILES string of the molecule is CC1Cc2ccccc2N1C(=O)COC(=O)CSc1ncnc2sccc12. The number of aromatic nitrogens is 2. The van der Waals surface area contributed by atoms with E-state index >= 15 is 0 Å². The summed E-state index contributed by atoms with van der Waals surface area (Å²) in [6.07, 6.45) is 2.30. The maximum atomic E-state index is 12.6. The first-order valence-corrected chi connectivity index (χ1v) is 10.4. The van der Waals surface area contributed by atoms with Gasteiger partial charge in [0.25, 0.3) is 5.91 Å². The van der Waals surface area contributed by atoms with Crippen LogP contribution in [0.25, 0.3) is 10.2 Å². The zero-order chi connectivity index (χ0) is 18.8. The quantitative estimate of drug-likeness (QED) is 0.372. The summed E-state index contributed by atoms with van der Waals surface area (Å²) in [6.45, 7) is 1.74. The van der Waals surface area contributed by atoms with E-state index < -0.39 is 5.97 Å². The van der Waals surface area contributed by atoms with Gasteiger partial charge in [-0.3, -0.25) is 9.59 Å². The second-order valence-corrected chi connectivity index (χ2v) is 8.07. The number of hydrogen-bond acceptors (Lipinski definition) is 7. The largest absolute Gasteiger partial charge is 0.455 e. The van der Waals surface area contributed by atoms with Crippen molar-refractivity contribution in [3.63, 3.8) is 0 Å². The van der Waals surface area contributed by atoms with Gasteiger partial charge in [0, 0.05) is 17.1 Å². The number of benzene rings is 1. The highest BCUT2D eigenvalue weighted by molar-refractivity contribution is 8.00. The highest BCUT2D eigenvalue weighted by Crippen LogP contribution is 2.32. The molecule has 1 unspecified atom stereocenters. The van der Waals surface area contributed by atoms with Crippen LogP contribution in [0.15, 0.2) is 47.1 Å². The van der Waals surface area contributed by atoms with E-state index in [0.717, 1.165) is 32.9 Å². The number of anilines is 1. The highest BCUT2D eigenvalue weighted by atomic mass is 32.2. The number of thiophene rings is 1. The molecule has 0 aliphatic carbocycles. The molecule has 138 valence electrons. The van der Waals surface area contributed by atoms with Gasteiger partial charge in [0.2, 0.25) is 0 Å². The van der Waals surface area contributed by atoms with Crippen LogP contribution in [0.3, 0.4) is 0 Å². The Labute approximate surface area is 164 Å². The molecule has 0 saturated carbocycles. The lowest BCUT2D eigenvalue weighted by atomic mass is 10.1. The summed E-state index contributed by atoms with van der Waals surface area (Å²) in [4.78, 5) is 35.7. The number of carbonyl (C=O) groups is 2. The fraction of sp³-hybridized carbons (Fsp3) is 0.263. The standard InChI is InChI=1S/C19H17N3O3S2/c1-12-8-13-4-2-3-5-15(13)22(12)16(23)9-25-17(24)10-27-19-14-6-7-26-18(14)20-11-21-19/h2-7,11-12H,8-10H2,1H3. The lowest BCUT2D eigenvalue weighted by Crippen LogP contribution is -2.38. The van der Waals surface area contributed by atoms with Crippen molar-refractivity contribution in [3.05, 3.63) is 47.6 Å². The first-order chi connectivity index (χ1) is 13.1. The van der Waals surface area contributed by atoms with Crippen LogP contribution in [0.2, 0.25) is 0 Å². The van der Waals surface area contributed by atoms with Crippen molar-refractivity contribution in [3.8, 4) is 0 Å². The van der Waals surface area contributed by atoms with E-state index in [9.17, 15) is 9.59 Å². The Morgan fingerprint density at radius 2 is 2.15 bits per heavy atom. The maximum absolute atomic E-state index is 12.6. The summed E-state index contributed by atoms with van der Waals surface area (Å²) in [7, 11) is 0. The van der Waals surface area contributed by atoms with Gasteiger partial charge < -0.3 is 9.64 Å². The summed E-state index contributed by atoms with van der Waals surface area (Å²) in [5.41, 5.74) is 2.05. The lowest BCUT2D eigenvalue weighted by Gasteiger charge is -2.22. The summed E-state index contributed by atoms with van der Waals surface area (Å²) in [5.74, 6) is -0.537. The van der Waals surface area contributed by atoms with Crippen LogP contribution < -0.4 is 4.90 Å². The third kappa shape index (κ3) is 3.68. The Balaban J connectivity index is 1.33. The summed E-state index contributed by atoms with van der Waals surface area (Å²) in [5, 5.41) is 3.61. The number of esters is 1. The number of amides is 1. The van der Waals surface area contributed by atoms with Gasteiger partial charge >= 0.3 is 5.97 Å². The molecular weight excluding hydrogens is 382 g/mol. The van der Waals surface area contributed by atoms with Crippen molar-refractivity contribution < 1.29 is 14.3 Å². The number of carbonyl (C=O) groups excluding carboxylic acids is 2. The van der Waals surface area contributed by atoms with Gasteiger partial charge in [0.05, 0.1) is 5.75 Å². The van der Waals surface area contributed by atoms with E-state index in [-0.39, 0.29) is 24.3 Å². The zero-order valence-electron chi connectivity index (χ0n) is 14.6. The molecule has 1 aliphatic heterocycles. The van der Waals surface area contributed by atoms with E-state index in [1.807, 2.05) is 42.6 Å². The molecule has 0 saturated heterocycles. The molecule has 0 fully saturated rings. The number of rotatable bonds is 5. The number of ether oxygens (including phenoxy) is 1. The molecule has 3 heterocycles. The number of fused-ring (bicyclic) bond motifs is 2. The average Bonchev–Trinajstić information content (AvgIpc) is 3.28. The van der Waals surface area contributed by atoms with Gasteiger partial charge in [-0.05, 0) is 36.4 Å². The van der Waals surface area contributed by atoms with Crippen LogP contribution in [-0.4, -0.2) is 40.2 Å². The molecule has 1 amide bonds. The zero-order valence-corrected chi connectivity index (χ0v) is 16.3. The van der Waals surface area contributed by atoms with Crippen molar-refractivity contribution in [2.45, 2.75) is 24.4 Å². The Kier molecular flexibility index (Phi) is 5.09. The molecule has 3 aromatic rings. The number of hydrogen-bond donors (Lipinski definition) is 0. The van der Waals surface area contributed by atoms with Crippen molar-refractivity contribution in [2.75, 3.05) is 17.3 Å². The first-order valence-electron chi connectivity index (χ1n) is 8.50. The third-order valence-corrected chi connectivity index (χ3v) is 6.18. The maximum Gasteiger partial charge on any atom is 0.316 e. The molecule has 6 nitrogen and oxygen atoms in total. The first kappa shape index (κ1) is 17.9. The van der Waals surface area contributed by atoms with E-state index in [1.54, 1.807) is 4.90 Å². The summed E-state index contributed by atoms with van der Waals surface area (Å²) < 4.78 is 5.20. The molecule has 2 aromatic heterocycles. The van der Waals surface area contributed by atoms with Crippen LogP contribution in [-0.2, 0) is 20.7 Å². The van der Waals surface area contributed by atoms with E-state index in [0.29, 0.717) is 0 Å². The van der Waals surface area contributed by atoms with Gasteiger partial charge in [-0.15, -0.1) is 11.3 Å². The molecular formula is C19H17N3O3S2. The third-order valence-electron chi connectivity index (χ3n) is 4.38. The van der Waals surface area contributed by atoms with Gasteiger partial charge in [0.15, 0.2) is 6.61 Å².